The van der Waals surface area contributed by atoms with Crippen LogP contribution >= 0.6 is 11.6 Å². The number of halogens is 1. The van der Waals surface area contributed by atoms with E-state index in [4.69, 9.17) is 26.3 Å². The third kappa shape index (κ3) is 7.72. The summed E-state index contributed by atoms with van der Waals surface area (Å²) >= 11 is 6.31. The molecule has 0 unspecified atom stereocenters. The first kappa shape index (κ1) is 28.4. The van der Waals surface area contributed by atoms with Crippen LogP contribution in [0.4, 0.5) is 5.69 Å². The van der Waals surface area contributed by atoms with Crippen LogP contribution in [0.5, 0.6) is 17.2 Å². The largest absolute Gasteiger partial charge is 0.507 e. The number of carbonyl (C=O) groups excluding carboxylic acids is 1. The van der Waals surface area contributed by atoms with Crippen LogP contribution in [0.2, 0.25) is 5.02 Å². The molecule has 4 aromatic carbocycles. The molecule has 0 radical (unpaired) electrons. The number of phenols is 1. The zero-order valence-electron chi connectivity index (χ0n) is 22.1. The fourth-order valence-corrected chi connectivity index (χ4v) is 4.10. The van der Waals surface area contributed by atoms with Crippen LogP contribution in [0, 0.1) is 11.3 Å². The molecule has 202 valence electrons. The van der Waals surface area contributed by atoms with E-state index in [0.29, 0.717) is 39.9 Å². The van der Waals surface area contributed by atoms with Crippen LogP contribution in [0.3, 0.4) is 0 Å². The van der Waals surface area contributed by atoms with Gasteiger partial charge in [-0.1, -0.05) is 62.1 Å². The van der Waals surface area contributed by atoms with Crippen LogP contribution in [-0.2, 0) is 0 Å². The van der Waals surface area contributed by atoms with E-state index < -0.39 is 5.97 Å². The number of benzene rings is 4. The molecular weight excluding hydrogens is 524 g/mol. The van der Waals surface area contributed by atoms with Gasteiger partial charge in [-0.15, -0.1) is 0 Å². The van der Waals surface area contributed by atoms with Gasteiger partial charge in [0.2, 0.25) is 0 Å². The topological polar surface area (TPSA) is 91.9 Å². The van der Waals surface area contributed by atoms with E-state index in [2.05, 4.69) is 18.0 Å². The molecule has 1 N–H and O–H groups in total. The second-order valence-electron chi connectivity index (χ2n) is 9.16. The van der Waals surface area contributed by atoms with Gasteiger partial charge in [-0.2, -0.15) is 5.26 Å². The average molecular weight is 553 g/mol. The molecule has 0 aromatic heterocycles. The van der Waals surface area contributed by atoms with Crippen molar-refractivity contribution in [3.63, 3.8) is 0 Å². The number of ether oxygens (including phenoxy) is 2. The number of hydrogen-bond acceptors (Lipinski definition) is 6. The SMILES string of the molecule is CCCCCCOc1ccc(C=Nc2cc(C(=O)Oc3ccc(-c4ccc(C#N)cc4)cc3)ccc2Cl)c(O)c1. The van der Waals surface area contributed by atoms with Gasteiger partial charge in [0.1, 0.15) is 17.2 Å². The summed E-state index contributed by atoms with van der Waals surface area (Å²) in [7, 11) is 0. The maximum absolute atomic E-state index is 12.8. The highest BCUT2D eigenvalue weighted by atomic mass is 35.5. The van der Waals surface area contributed by atoms with Crippen molar-refractivity contribution in [1.82, 2.24) is 0 Å². The lowest BCUT2D eigenvalue weighted by atomic mass is 10.0. The molecule has 0 atom stereocenters. The van der Waals surface area contributed by atoms with Gasteiger partial charge in [-0.3, -0.25) is 4.99 Å². The highest BCUT2D eigenvalue weighted by molar-refractivity contribution is 6.33. The third-order valence-corrected chi connectivity index (χ3v) is 6.52. The summed E-state index contributed by atoms with van der Waals surface area (Å²) in [4.78, 5) is 17.2. The van der Waals surface area contributed by atoms with Crippen LogP contribution in [-0.4, -0.2) is 23.9 Å². The number of carbonyl (C=O) groups is 1. The summed E-state index contributed by atoms with van der Waals surface area (Å²) in [5.74, 6) is 0.465. The summed E-state index contributed by atoms with van der Waals surface area (Å²) in [6.07, 6.45) is 5.92. The van der Waals surface area contributed by atoms with Gasteiger partial charge in [-0.05, 0) is 72.1 Å². The zero-order chi connectivity index (χ0) is 28.3. The lowest BCUT2D eigenvalue weighted by Crippen LogP contribution is -2.08. The minimum atomic E-state index is -0.553. The zero-order valence-corrected chi connectivity index (χ0v) is 22.9. The van der Waals surface area contributed by atoms with E-state index in [1.807, 2.05) is 24.3 Å². The molecule has 0 aliphatic rings. The lowest BCUT2D eigenvalue weighted by molar-refractivity contribution is 0.0735. The molecule has 0 saturated carbocycles. The maximum atomic E-state index is 12.8. The predicted molar refractivity (Wildman–Crippen MR) is 158 cm³/mol. The van der Waals surface area contributed by atoms with Gasteiger partial charge in [0.15, 0.2) is 0 Å². The summed E-state index contributed by atoms with van der Waals surface area (Å²) in [6, 6.07) is 26.2. The Morgan fingerprint density at radius 3 is 2.30 bits per heavy atom. The molecular formula is C33H29ClN2O4. The van der Waals surface area contributed by atoms with Crippen LogP contribution in [0.1, 0.15) is 54.1 Å². The Balaban J connectivity index is 1.39. The third-order valence-electron chi connectivity index (χ3n) is 6.21. The van der Waals surface area contributed by atoms with E-state index in [1.165, 1.54) is 25.1 Å². The van der Waals surface area contributed by atoms with Gasteiger partial charge < -0.3 is 14.6 Å². The Kier molecular flexibility index (Phi) is 9.93. The van der Waals surface area contributed by atoms with E-state index in [0.717, 1.165) is 24.0 Å². The van der Waals surface area contributed by atoms with Crippen molar-refractivity contribution in [2.24, 2.45) is 4.99 Å². The summed E-state index contributed by atoms with van der Waals surface area (Å²) in [6.45, 7) is 2.77. The minimum absolute atomic E-state index is 0.0333. The van der Waals surface area contributed by atoms with Crippen LogP contribution in [0.15, 0.2) is 89.9 Å². The molecule has 0 spiro atoms. The number of aromatic hydroxyl groups is 1. The lowest BCUT2D eigenvalue weighted by Gasteiger charge is -2.08. The smallest absolute Gasteiger partial charge is 0.343 e. The number of esters is 1. The van der Waals surface area contributed by atoms with Crippen molar-refractivity contribution in [2.45, 2.75) is 32.6 Å². The Hall–Kier alpha value is -4.60. The van der Waals surface area contributed by atoms with Crippen LogP contribution < -0.4 is 9.47 Å². The molecule has 0 aliphatic carbocycles. The number of hydrogen-bond donors (Lipinski definition) is 1. The second-order valence-corrected chi connectivity index (χ2v) is 9.56. The number of nitrogens with zero attached hydrogens (tertiary/aromatic N) is 2. The number of nitriles is 1. The molecule has 7 heteroatoms. The van der Waals surface area contributed by atoms with Crippen molar-refractivity contribution >= 4 is 29.5 Å². The van der Waals surface area contributed by atoms with E-state index in [-0.39, 0.29) is 11.3 Å². The summed E-state index contributed by atoms with van der Waals surface area (Å²) < 4.78 is 11.3. The first-order chi connectivity index (χ1) is 19.5. The van der Waals surface area contributed by atoms with Gasteiger partial charge in [0.05, 0.1) is 34.5 Å². The van der Waals surface area contributed by atoms with Crippen molar-refractivity contribution in [2.75, 3.05) is 6.61 Å². The van der Waals surface area contributed by atoms with Crippen molar-refractivity contribution in [3.8, 4) is 34.4 Å². The fraction of sp³-hybridized carbons (Fsp3) is 0.182. The quantitative estimate of drug-likeness (QED) is 0.0871. The van der Waals surface area contributed by atoms with E-state index >= 15 is 0 Å². The first-order valence-corrected chi connectivity index (χ1v) is 13.5. The molecule has 4 aromatic rings. The Bertz CT molecular complexity index is 1520. The Labute approximate surface area is 239 Å². The van der Waals surface area contributed by atoms with E-state index in [9.17, 15) is 9.90 Å². The van der Waals surface area contributed by atoms with Gasteiger partial charge >= 0.3 is 5.97 Å². The second kappa shape index (κ2) is 14.0. The predicted octanol–water partition coefficient (Wildman–Crippen LogP) is 8.51. The molecule has 0 amide bonds. The standard InChI is InChI=1S/C33H29ClN2O4/c1-2-3-4-5-18-39-29-16-12-27(32(37)20-29)22-36-31-19-26(13-17-30(31)34)33(38)40-28-14-10-25(11-15-28)24-8-6-23(21-35)7-9-24/h6-17,19-20,22,37H,2-5,18H2,1H3. The summed E-state index contributed by atoms with van der Waals surface area (Å²) in [5, 5.41) is 19.7. The number of phenolic OH excluding ortho intramolecular Hbond substituents is 1. The monoisotopic (exact) mass is 552 g/mol. The van der Waals surface area contributed by atoms with Crippen molar-refractivity contribution < 1.29 is 19.4 Å². The number of unbranched alkanes of at least 4 members (excludes halogenated alkanes) is 3. The molecule has 6 nitrogen and oxygen atoms in total. The molecule has 4 rings (SSSR count). The Morgan fingerprint density at radius 1 is 0.925 bits per heavy atom. The molecule has 0 saturated heterocycles. The molecule has 0 aliphatic heterocycles. The molecule has 0 fully saturated rings. The number of aliphatic imine (C=N–C) groups is 1. The number of rotatable bonds is 11. The highest BCUT2D eigenvalue weighted by Crippen LogP contribution is 2.29. The minimum Gasteiger partial charge on any atom is -0.507 e. The van der Waals surface area contributed by atoms with Crippen molar-refractivity contribution in [1.29, 1.82) is 5.26 Å². The Morgan fingerprint density at radius 2 is 1.62 bits per heavy atom. The highest BCUT2D eigenvalue weighted by Gasteiger charge is 2.12. The van der Waals surface area contributed by atoms with E-state index in [1.54, 1.807) is 54.6 Å². The molecule has 40 heavy (non-hydrogen) atoms. The van der Waals surface area contributed by atoms with Gasteiger partial charge in [-0.25, -0.2) is 4.79 Å². The van der Waals surface area contributed by atoms with Gasteiger partial charge in [0, 0.05) is 17.8 Å². The maximum Gasteiger partial charge on any atom is 0.343 e. The normalized spacial score (nSPS) is 10.8. The first-order valence-electron chi connectivity index (χ1n) is 13.1. The molecule has 0 heterocycles. The van der Waals surface area contributed by atoms with Crippen LogP contribution in [0.25, 0.3) is 11.1 Å². The summed E-state index contributed by atoms with van der Waals surface area (Å²) in [5.41, 5.74) is 3.61. The average Bonchev–Trinajstić information content (AvgIpc) is 2.98. The molecule has 0 bridgehead atoms. The fourth-order valence-electron chi connectivity index (χ4n) is 3.94. The van der Waals surface area contributed by atoms with Crippen molar-refractivity contribution in [3.05, 3.63) is 107 Å². The van der Waals surface area contributed by atoms with Gasteiger partial charge in [0.25, 0.3) is 0 Å².